The second kappa shape index (κ2) is 6.13. The molecule has 0 saturated heterocycles. The van der Waals surface area contributed by atoms with Gasteiger partial charge in [-0.2, -0.15) is 0 Å². The van der Waals surface area contributed by atoms with Gasteiger partial charge in [0.1, 0.15) is 0 Å². The molecule has 3 nitrogen and oxygen atoms in total. The van der Waals surface area contributed by atoms with Crippen LogP contribution in [0.5, 0.6) is 0 Å². The summed E-state index contributed by atoms with van der Waals surface area (Å²) in [6.45, 7) is 5.33. The average Bonchev–Trinajstić information content (AvgIpc) is 2.70. The topological polar surface area (TPSA) is 34.2 Å². The number of hydrogen-bond acceptors (Lipinski definition) is 4. The van der Waals surface area contributed by atoms with E-state index >= 15 is 0 Å². The van der Waals surface area contributed by atoms with Crippen LogP contribution in [-0.4, -0.2) is 30.3 Å². The molecule has 0 aromatic carbocycles. The van der Waals surface area contributed by atoms with E-state index in [-0.39, 0.29) is 5.60 Å². The Hall–Kier alpha value is -0.450. The minimum absolute atomic E-state index is 0.0483. The van der Waals surface area contributed by atoms with Crippen molar-refractivity contribution in [1.29, 1.82) is 0 Å². The molecule has 1 fully saturated rings. The van der Waals surface area contributed by atoms with Crippen molar-refractivity contribution < 1.29 is 4.74 Å². The second-order valence-corrected chi connectivity index (χ2v) is 6.25. The first-order valence-corrected chi connectivity index (χ1v) is 7.77. The van der Waals surface area contributed by atoms with Crippen LogP contribution in [0.3, 0.4) is 0 Å². The average molecular weight is 268 g/mol. The molecule has 1 unspecified atom stereocenters. The van der Waals surface area contributed by atoms with Crippen LogP contribution in [0.4, 0.5) is 0 Å². The van der Waals surface area contributed by atoms with Crippen molar-refractivity contribution in [2.75, 3.05) is 13.7 Å². The Morgan fingerprint density at radius 3 is 2.78 bits per heavy atom. The maximum Gasteiger partial charge on any atom is 0.0897 e. The van der Waals surface area contributed by atoms with Crippen LogP contribution in [0.15, 0.2) is 5.38 Å². The van der Waals surface area contributed by atoms with Crippen molar-refractivity contribution in [1.82, 2.24) is 10.3 Å². The molecule has 1 heterocycles. The summed E-state index contributed by atoms with van der Waals surface area (Å²) in [7, 11) is 1.85. The number of rotatable bonds is 7. The van der Waals surface area contributed by atoms with Crippen molar-refractivity contribution in [2.24, 2.45) is 0 Å². The third kappa shape index (κ3) is 2.92. The van der Waals surface area contributed by atoms with Gasteiger partial charge >= 0.3 is 0 Å². The lowest BCUT2D eigenvalue weighted by Crippen LogP contribution is -2.57. The summed E-state index contributed by atoms with van der Waals surface area (Å²) in [6, 6.07) is 0.401. The Labute approximate surface area is 114 Å². The summed E-state index contributed by atoms with van der Waals surface area (Å²) in [5, 5.41) is 6.99. The van der Waals surface area contributed by atoms with Crippen LogP contribution < -0.4 is 5.32 Å². The number of ether oxygens (including phenoxy) is 1. The Morgan fingerprint density at radius 2 is 2.33 bits per heavy atom. The first-order chi connectivity index (χ1) is 8.70. The molecule has 0 amide bonds. The molecule has 1 atom stereocenters. The van der Waals surface area contributed by atoms with Gasteiger partial charge in [-0.05, 0) is 39.2 Å². The standard InChI is InChI=1S/C14H24N2OS/c1-4-8-15-13(14(17-3)6-5-7-14)9-12-10-18-11(2)16-12/h10,13,15H,4-9H2,1-3H3. The molecule has 2 rings (SSSR count). The third-order valence-corrected chi connectivity index (χ3v) is 4.78. The van der Waals surface area contributed by atoms with Gasteiger partial charge in [-0.3, -0.25) is 0 Å². The maximum atomic E-state index is 5.83. The fraction of sp³-hybridized carbons (Fsp3) is 0.786. The molecule has 0 spiro atoms. The molecule has 4 heteroatoms. The molecule has 0 radical (unpaired) electrons. The zero-order chi connectivity index (χ0) is 13.0. The first-order valence-electron chi connectivity index (χ1n) is 6.90. The van der Waals surface area contributed by atoms with Crippen LogP contribution in [-0.2, 0) is 11.2 Å². The van der Waals surface area contributed by atoms with E-state index in [1.165, 1.54) is 25.0 Å². The van der Waals surface area contributed by atoms with Gasteiger partial charge < -0.3 is 10.1 Å². The van der Waals surface area contributed by atoms with E-state index in [0.29, 0.717) is 6.04 Å². The normalized spacial score (nSPS) is 19.5. The van der Waals surface area contributed by atoms with Gasteiger partial charge in [-0.25, -0.2) is 4.98 Å². The van der Waals surface area contributed by atoms with E-state index in [4.69, 9.17) is 4.74 Å². The van der Waals surface area contributed by atoms with Gasteiger partial charge in [0.25, 0.3) is 0 Å². The minimum atomic E-state index is 0.0483. The highest BCUT2D eigenvalue weighted by molar-refractivity contribution is 7.09. The number of aryl methyl sites for hydroxylation is 1. The number of methoxy groups -OCH3 is 1. The molecule has 1 aromatic heterocycles. The van der Waals surface area contributed by atoms with Gasteiger partial charge in [0.15, 0.2) is 0 Å². The van der Waals surface area contributed by atoms with Gasteiger partial charge in [-0.1, -0.05) is 6.92 Å². The summed E-state index contributed by atoms with van der Waals surface area (Å²) in [5.74, 6) is 0. The molecule has 1 saturated carbocycles. The van der Waals surface area contributed by atoms with Crippen LogP contribution in [0.1, 0.15) is 43.3 Å². The number of thiazole rings is 1. The molecule has 1 N–H and O–H groups in total. The number of aromatic nitrogens is 1. The van der Waals surface area contributed by atoms with Crippen LogP contribution >= 0.6 is 11.3 Å². The maximum absolute atomic E-state index is 5.83. The van der Waals surface area contributed by atoms with Crippen molar-refractivity contribution in [2.45, 2.75) is 57.6 Å². The van der Waals surface area contributed by atoms with E-state index in [2.05, 4.69) is 29.5 Å². The summed E-state index contributed by atoms with van der Waals surface area (Å²) in [6.07, 6.45) is 5.78. The molecular weight excluding hydrogens is 244 g/mol. The Kier molecular flexibility index (Phi) is 4.76. The minimum Gasteiger partial charge on any atom is -0.377 e. The van der Waals surface area contributed by atoms with Crippen molar-refractivity contribution in [3.05, 3.63) is 16.1 Å². The molecular formula is C14H24N2OS. The Balaban J connectivity index is 2.04. The quantitative estimate of drug-likeness (QED) is 0.825. The summed E-state index contributed by atoms with van der Waals surface area (Å²) >= 11 is 1.73. The molecule has 0 bridgehead atoms. The Morgan fingerprint density at radius 1 is 1.56 bits per heavy atom. The highest BCUT2D eigenvalue weighted by atomic mass is 32.1. The summed E-state index contributed by atoms with van der Waals surface area (Å²) in [5.41, 5.74) is 1.25. The predicted octanol–water partition coefficient (Wildman–Crippen LogP) is 2.93. The van der Waals surface area contributed by atoms with Gasteiger partial charge in [0, 0.05) is 25.0 Å². The van der Waals surface area contributed by atoms with Crippen LogP contribution in [0.2, 0.25) is 0 Å². The van der Waals surface area contributed by atoms with E-state index in [1.807, 2.05) is 7.11 Å². The zero-order valence-corrected chi connectivity index (χ0v) is 12.5. The van der Waals surface area contributed by atoms with Gasteiger partial charge in [0.2, 0.25) is 0 Å². The van der Waals surface area contributed by atoms with Crippen molar-refractivity contribution >= 4 is 11.3 Å². The van der Waals surface area contributed by atoms with E-state index in [0.717, 1.165) is 24.4 Å². The highest BCUT2D eigenvalue weighted by Crippen LogP contribution is 2.39. The predicted molar refractivity (Wildman–Crippen MR) is 76.2 cm³/mol. The summed E-state index contributed by atoms with van der Waals surface area (Å²) in [4.78, 5) is 4.59. The smallest absolute Gasteiger partial charge is 0.0897 e. The lowest BCUT2D eigenvalue weighted by molar-refractivity contribution is -0.0982. The van der Waals surface area contributed by atoms with Crippen LogP contribution in [0.25, 0.3) is 0 Å². The zero-order valence-electron chi connectivity index (χ0n) is 11.7. The van der Waals surface area contributed by atoms with Crippen molar-refractivity contribution in [3.63, 3.8) is 0 Å². The molecule has 0 aliphatic heterocycles. The van der Waals surface area contributed by atoms with Crippen molar-refractivity contribution in [3.8, 4) is 0 Å². The van der Waals surface area contributed by atoms with E-state index < -0.39 is 0 Å². The second-order valence-electron chi connectivity index (χ2n) is 5.19. The van der Waals surface area contributed by atoms with Gasteiger partial charge in [-0.15, -0.1) is 11.3 Å². The van der Waals surface area contributed by atoms with Gasteiger partial charge in [0.05, 0.1) is 16.3 Å². The number of nitrogens with zero attached hydrogens (tertiary/aromatic N) is 1. The molecule has 1 aliphatic carbocycles. The first kappa shape index (κ1) is 14.0. The SMILES string of the molecule is CCCNC(Cc1csc(C)n1)C1(OC)CCC1. The monoisotopic (exact) mass is 268 g/mol. The molecule has 1 aromatic rings. The van der Waals surface area contributed by atoms with E-state index in [1.54, 1.807) is 11.3 Å². The fourth-order valence-corrected chi connectivity index (χ4v) is 3.32. The highest BCUT2D eigenvalue weighted by Gasteiger charge is 2.44. The fourth-order valence-electron chi connectivity index (χ4n) is 2.69. The lowest BCUT2D eigenvalue weighted by Gasteiger charge is -2.46. The Bertz CT molecular complexity index is 368. The van der Waals surface area contributed by atoms with E-state index in [9.17, 15) is 0 Å². The number of hydrogen-bond donors (Lipinski definition) is 1. The lowest BCUT2D eigenvalue weighted by atomic mass is 9.73. The van der Waals surface area contributed by atoms with Crippen LogP contribution in [0, 0.1) is 6.92 Å². The molecule has 18 heavy (non-hydrogen) atoms. The third-order valence-electron chi connectivity index (χ3n) is 3.96. The molecule has 102 valence electrons. The summed E-state index contributed by atoms with van der Waals surface area (Å²) < 4.78 is 5.83. The largest absolute Gasteiger partial charge is 0.377 e. The molecule has 1 aliphatic rings. The number of nitrogens with one attached hydrogen (secondary N) is 1.